The fraction of sp³-hybridized carbons (Fsp3) is 0.207. The minimum Gasteiger partial charge on any atom is -0.490 e. The van der Waals surface area contributed by atoms with Crippen LogP contribution in [0, 0.1) is 23.5 Å². The number of ether oxygens (including phenoxy) is 1. The molecule has 1 amide bonds. The molecule has 0 fully saturated rings. The van der Waals surface area contributed by atoms with E-state index in [-0.39, 0.29) is 23.8 Å². The standard InChI is InChI=1S/C29H26F2N2O3/c1-18(2)36-28-10-9-19(7-8-20-11-22(30)15-23(31)12-20)13-26(28)29(35)33-24(17-34)14-21-16-32-27-6-4-3-5-25(21)27/h3-6,9-13,15-16,18,24,32,34H,14,17H2,1-2H3,(H,33,35)/t24-/m1/s1. The molecule has 0 saturated carbocycles. The summed E-state index contributed by atoms with van der Waals surface area (Å²) in [5.74, 6) is 4.07. The summed E-state index contributed by atoms with van der Waals surface area (Å²) in [6, 6.07) is 15.2. The molecule has 7 heteroatoms. The Labute approximate surface area is 208 Å². The first-order valence-electron chi connectivity index (χ1n) is 11.6. The smallest absolute Gasteiger partial charge is 0.255 e. The van der Waals surface area contributed by atoms with E-state index in [1.807, 2.05) is 44.3 Å². The molecule has 4 rings (SSSR count). The lowest BCUT2D eigenvalue weighted by Crippen LogP contribution is -2.39. The first-order valence-corrected chi connectivity index (χ1v) is 11.6. The van der Waals surface area contributed by atoms with Crippen LogP contribution in [-0.4, -0.2) is 34.8 Å². The lowest BCUT2D eigenvalue weighted by molar-refractivity contribution is 0.0910. The number of carbonyl (C=O) groups is 1. The summed E-state index contributed by atoms with van der Waals surface area (Å²) in [7, 11) is 0. The van der Waals surface area contributed by atoms with Gasteiger partial charge in [0.25, 0.3) is 5.91 Å². The Bertz CT molecular complexity index is 1430. The highest BCUT2D eigenvalue weighted by Gasteiger charge is 2.19. The average Bonchev–Trinajstić information content (AvgIpc) is 3.24. The van der Waals surface area contributed by atoms with Crippen LogP contribution >= 0.6 is 0 Å². The van der Waals surface area contributed by atoms with Gasteiger partial charge in [0.2, 0.25) is 0 Å². The van der Waals surface area contributed by atoms with Crippen molar-refractivity contribution in [3.63, 3.8) is 0 Å². The van der Waals surface area contributed by atoms with Crippen molar-refractivity contribution in [1.82, 2.24) is 10.3 Å². The summed E-state index contributed by atoms with van der Waals surface area (Å²) in [6.07, 6.45) is 2.12. The Morgan fingerprint density at radius 1 is 1.03 bits per heavy atom. The number of H-pyrrole nitrogens is 1. The van der Waals surface area contributed by atoms with E-state index < -0.39 is 23.6 Å². The maximum absolute atomic E-state index is 13.5. The zero-order chi connectivity index (χ0) is 25.7. The van der Waals surface area contributed by atoms with Crippen LogP contribution in [0.3, 0.4) is 0 Å². The fourth-order valence-electron chi connectivity index (χ4n) is 3.90. The molecule has 3 N–H and O–H groups in total. The summed E-state index contributed by atoms with van der Waals surface area (Å²) < 4.78 is 32.8. The number of amides is 1. The van der Waals surface area contributed by atoms with Crippen LogP contribution in [0.25, 0.3) is 10.9 Å². The molecule has 0 saturated heterocycles. The second kappa shape index (κ2) is 11.1. The summed E-state index contributed by atoms with van der Waals surface area (Å²) in [5, 5.41) is 13.9. The second-order valence-electron chi connectivity index (χ2n) is 8.70. The molecule has 1 aromatic heterocycles. The van der Waals surface area contributed by atoms with Crippen LogP contribution in [0.15, 0.2) is 66.9 Å². The predicted molar refractivity (Wildman–Crippen MR) is 135 cm³/mol. The van der Waals surface area contributed by atoms with Crippen LogP contribution in [-0.2, 0) is 6.42 Å². The molecular weight excluding hydrogens is 462 g/mol. The number of carbonyl (C=O) groups excluding carboxylic acids is 1. The number of fused-ring (bicyclic) bond motifs is 1. The van der Waals surface area contributed by atoms with Crippen LogP contribution in [0.2, 0.25) is 0 Å². The molecule has 0 aliphatic carbocycles. The van der Waals surface area contributed by atoms with Gasteiger partial charge in [0, 0.05) is 34.3 Å². The third kappa shape index (κ3) is 6.09. The van der Waals surface area contributed by atoms with E-state index in [0.717, 1.165) is 34.7 Å². The van der Waals surface area contributed by atoms with Crippen LogP contribution < -0.4 is 10.1 Å². The van der Waals surface area contributed by atoms with Crippen molar-refractivity contribution in [2.75, 3.05) is 6.61 Å². The molecule has 4 aromatic rings. The van der Waals surface area contributed by atoms with Gasteiger partial charge in [0.05, 0.1) is 24.3 Å². The Kier molecular flexibility index (Phi) is 7.67. The lowest BCUT2D eigenvalue weighted by Gasteiger charge is -2.19. The third-order valence-corrected chi connectivity index (χ3v) is 5.50. The van der Waals surface area contributed by atoms with Crippen LogP contribution in [0.1, 0.15) is 40.9 Å². The average molecular weight is 489 g/mol. The number of hydrogen-bond acceptors (Lipinski definition) is 3. The molecular formula is C29H26F2N2O3. The zero-order valence-corrected chi connectivity index (χ0v) is 19.9. The largest absolute Gasteiger partial charge is 0.490 e. The van der Waals surface area contributed by atoms with Crippen LogP contribution in [0.5, 0.6) is 5.75 Å². The number of aromatic nitrogens is 1. The van der Waals surface area contributed by atoms with Crippen molar-refractivity contribution in [3.05, 3.63) is 101 Å². The molecule has 0 spiro atoms. The number of benzene rings is 3. The van der Waals surface area contributed by atoms with Crippen molar-refractivity contribution in [3.8, 4) is 17.6 Å². The maximum atomic E-state index is 13.5. The summed E-state index contributed by atoms with van der Waals surface area (Å²) >= 11 is 0. The highest BCUT2D eigenvalue weighted by atomic mass is 19.1. The van der Waals surface area contributed by atoms with E-state index in [9.17, 15) is 18.7 Å². The van der Waals surface area contributed by atoms with E-state index in [2.05, 4.69) is 22.1 Å². The summed E-state index contributed by atoms with van der Waals surface area (Å²) in [5.41, 5.74) is 2.86. The number of halogens is 2. The molecule has 184 valence electrons. The number of rotatable bonds is 7. The van der Waals surface area contributed by atoms with Gasteiger partial charge in [0.15, 0.2) is 0 Å². The molecule has 0 radical (unpaired) electrons. The lowest BCUT2D eigenvalue weighted by atomic mass is 10.0. The molecule has 1 heterocycles. The Morgan fingerprint density at radius 3 is 2.47 bits per heavy atom. The van der Waals surface area contributed by atoms with Gasteiger partial charge >= 0.3 is 0 Å². The van der Waals surface area contributed by atoms with Crippen LogP contribution in [0.4, 0.5) is 8.78 Å². The van der Waals surface area contributed by atoms with Crippen molar-refractivity contribution < 1.29 is 23.4 Å². The number of aliphatic hydroxyl groups is 1. The number of aromatic amines is 1. The van der Waals surface area contributed by atoms with Gasteiger partial charge in [-0.25, -0.2) is 8.78 Å². The van der Waals surface area contributed by atoms with Gasteiger partial charge in [-0.1, -0.05) is 30.0 Å². The Hall–Kier alpha value is -4.15. The normalized spacial score (nSPS) is 11.7. The topological polar surface area (TPSA) is 74.3 Å². The molecule has 5 nitrogen and oxygen atoms in total. The van der Waals surface area contributed by atoms with Crippen molar-refractivity contribution >= 4 is 16.8 Å². The van der Waals surface area contributed by atoms with E-state index >= 15 is 0 Å². The van der Waals surface area contributed by atoms with Gasteiger partial charge in [-0.2, -0.15) is 0 Å². The highest BCUT2D eigenvalue weighted by molar-refractivity contribution is 5.97. The molecule has 0 unspecified atom stereocenters. The van der Waals surface area contributed by atoms with Crippen molar-refractivity contribution in [2.24, 2.45) is 0 Å². The van der Waals surface area contributed by atoms with E-state index in [0.29, 0.717) is 17.7 Å². The first kappa shape index (κ1) is 25.0. The van der Waals surface area contributed by atoms with Crippen molar-refractivity contribution in [1.29, 1.82) is 0 Å². The molecule has 0 aliphatic heterocycles. The molecule has 36 heavy (non-hydrogen) atoms. The number of aliphatic hydroxyl groups excluding tert-OH is 1. The minimum atomic E-state index is -0.717. The van der Waals surface area contributed by atoms with E-state index in [1.54, 1.807) is 18.2 Å². The minimum absolute atomic E-state index is 0.177. The molecule has 1 atom stereocenters. The van der Waals surface area contributed by atoms with E-state index in [1.165, 1.54) is 0 Å². The predicted octanol–water partition coefficient (Wildman–Crippen LogP) is 4.97. The summed E-state index contributed by atoms with van der Waals surface area (Å²) in [6.45, 7) is 3.44. The molecule has 0 bridgehead atoms. The van der Waals surface area contributed by atoms with E-state index in [4.69, 9.17) is 4.74 Å². The molecule has 0 aliphatic rings. The maximum Gasteiger partial charge on any atom is 0.255 e. The van der Waals surface area contributed by atoms with Gasteiger partial charge in [-0.15, -0.1) is 0 Å². The van der Waals surface area contributed by atoms with Gasteiger partial charge < -0.3 is 20.1 Å². The van der Waals surface area contributed by atoms with Gasteiger partial charge in [-0.05, 0) is 62.2 Å². The first-order chi connectivity index (χ1) is 17.3. The number of hydrogen-bond donors (Lipinski definition) is 3. The Morgan fingerprint density at radius 2 is 1.75 bits per heavy atom. The second-order valence-corrected chi connectivity index (χ2v) is 8.70. The third-order valence-electron chi connectivity index (χ3n) is 5.50. The van der Waals surface area contributed by atoms with Gasteiger partial charge in [0.1, 0.15) is 17.4 Å². The fourth-order valence-corrected chi connectivity index (χ4v) is 3.90. The number of para-hydroxylation sites is 1. The Balaban J connectivity index is 1.59. The van der Waals surface area contributed by atoms with Gasteiger partial charge in [-0.3, -0.25) is 4.79 Å². The van der Waals surface area contributed by atoms with Crippen molar-refractivity contribution in [2.45, 2.75) is 32.4 Å². The quantitative estimate of drug-likeness (QED) is 0.322. The monoisotopic (exact) mass is 488 g/mol. The number of nitrogens with one attached hydrogen (secondary N) is 2. The summed E-state index contributed by atoms with van der Waals surface area (Å²) in [4.78, 5) is 16.5. The molecule has 3 aromatic carbocycles. The zero-order valence-electron chi connectivity index (χ0n) is 19.9. The SMILES string of the molecule is CC(C)Oc1ccc(C#Cc2cc(F)cc(F)c2)cc1C(=O)N[C@@H](CO)Cc1c[nH]c2ccccc12. The highest BCUT2D eigenvalue weighted by Crippen LogP contribution is 2.23.